The highest BCUT2D eigenvalue weighted by Gasteiger charge is 2.18. The molecular weight excluding hydrogens is 384 g/mol. The van der Waals surface area contributed by atoms with Crippen molar-refractivity contribution in [1.82, 2.24) is 4.98 Å². The normalized spacial score (nSPS) is 11.7. The number of hydrogen-bond acceptors (Lipinski definition) is 5. The van der Waals surface area contributed by atoms with Crippen molar-refractivity contribution in [3.63, 3.8) is 0 Å². The minimum Gasteiger partial charge on any atom is -0.493 e. The van der Waals surface area contributed by atoms with E-state index >= 15 is 0 Å². The maximum absolute atomic E-state index is 12.4. The van der Waals surface area contributed by atoms with Gasteiger partial charge in [0.15, 0.2) is 22.7 Å². The fourth-order valence-corrected chi connectivity index (χ4v) is 3.52. The Hall–Kier alpha value is -2.57. The molecule has 0 saturated carbocycles. The van der Waals surface area contributed by atoms with Crippen LogP contribution in [0.25, 0.3) is 0 Å². The fourth-order valence-electron chi connectivity index (χ4n) is 2.46. The van der Waals surface area contributed by atoms with E-state index in [4.69, 9.17) is 21.1 Å². The van der Waals surface area contributed by atoms with Gasteiger partial charge in [0, 0.05) is 22.5 Å². The zero-order valence-corrected chi connectivity index (χ0v) is 16.5. The van der Waals surface area contributed by atoms with Crippen molar-refractivity contribution < 1.29 is 14.3 Å². The lowest BCUT2D eigenvalue weighted by molar-refractivity contribution is -0.122. The topological polar surface area (TPSA) is 60.5 Å². The number of rotatable bonds is 7. The third kappa shape index (κ3) is 5.21. The first-order chi connectivity index (χ1) is 13.0. The van der Waals surface area contributed by atoms with E-state index in [1.54, 1.807) is 32.4 Å². The second-order valence-corrected chi connectivity index (χ2v) is 7.39. The summed E-state index contributed by atoms with van der Waals surface area (Å²) in [5, 5.41) is 4.03. The molecule has 0 aliphatic heterocycles. The molecular formula is C20H19ClN2O3S. The average Bonchev–Trinajstić information content (AvgIpc) is 3.09. The van der Waals surface area contributed by atoms with Crippen LogP contribution in [0.5, 0.6) is 11.5 Å². The Morgan fingerprint density at radius 3 is 2.74 bits per heavy atom. The predicted molar refractivity (Wildman–Crippen MR) is 108 cm³/mol. The first-order valence-corrected chi connectivity index (χ1v) is 9.54. The van der Waals surface area contributed by atoms with Crippen LogP contribution in [0, 0.1) is 0 Å². The summed E-state index contributed by atoms with van der Waals surface area (Å²) >= 11 is 7.44. The van der Waals surface area contributed by atoms with Crippen molar-refractivity contribution in [1.29, 1.82) is 0 Å². The summed E-state index contributed by atoms with van der Waals surface area (Å²) in [5.74, 6) is 0.822. The van der Waals surface area contributed by atoms with Crippen molar-refractivity contribution >= 4 is 34.0 Å². The molecule has 1 aromatic heterocycles. The number of halogens is 1. The lowest BCUT2D eigenvalue weighted by Gasteiger charge is -2.15. The van der Waals surface area contributed by atoms with Gasteiger partial charge in [-0.3, -0.25) is 10.1 Å². The molecule has 7 heteroatoms. The molecule has 0 spiro atoms. The summed E-state index contributed by atoms with van der Waals surface area (Å²) in [6.45, 7) is 1.68. The Kier molecular flexibility index (Phi) is 6.32. The Balaban J connectivity index is 1.60. The number of nitrogens with one attached hydrogen (secondary N) is 1. The number of benzene rings is 2. The van der Waals surface area contributed by atoms with E-state index in [1.807, 2.05) is 36.4 Å². The van der Waals surface area contributed by atoms with Crippen LogP contribution in [-0.4, -0.2) is 24.1 Å². The number of carbonyl (C=O) groups is 1. The zero-order chi connectivity index (χ0) is 19.2. The van der Waals surface area contributed by atoms with Crippen LogP contribution in [0.2, 0.25) is 5.02 Å². The minimum absolute atomic E-state index is 0.274. The largest absolute Gasteiger partial charge is 0.493 e. The Morgan fingerprint density at radius 1 is 1.22 bits per heavy atom. The van der Waals surface area contributed by atoms with Gasteiger partial charge in [0.2, 0.25) is 0 Å². The number of methoxy groups -OCH3 is 1. The van der Waals surface area contributed by atoms with Crippen LogP contribution in [0.3, 0.4) is 0 Å². The molecule has 3 aromatic rings. The van der Waals surface area contributed by atoms with Crippen LogP contribution in [0.1, 0.15) is 17.4 Å². The third-order valence-corrected chi connectivity index (χ3v) is 4.94. The summed E-state index contributed by atoms with van der Waals surface area (Å²) in [5.41, 5.74) is 1.09. The molecule has 1 N–H and O–H groups in total. The van der Waals surface area contributed by atoms with Crippen molar-refractivity contribution in [3.8, 4) is 11.5 Å². The molecule has 1 unspecified atom stereocenters. The van der Waals surface area contributed by atoms with Crippen LogP contribution in [0.15, 0.2) is 54.7 Å². The van der Waals surface area contributed by atoms with Gasteiger partial charge in [-0.05, 0) is 36.8 Å². The lowest BCUT2D eigenvalue weighted by atomic mass is 10.1. The summed E-state index contributed by atoms with van der Waals surface area (Å²) in [4.78, 5) is 17.7. The molecule has 0 saturated heterocycles. The summed E-state index contributed by atoms with van der Waals surface area (Å²) in [6.07, 6.45) is 1.77. The van der Waals surface area contributed by atoms with Gasteiger partial charge in [-0.2, -0.15) is 0 Å². The molecule has 0 aliphatic rings. The monoisotopic (exact) mass is 402 g/mol. The number of anilines is 1. The first kappa shape index (κ1) is 19.2. The molecule has 2 aromatic carbocycles. The van der Waals surface area contributed by atoms with E-state index in [0.29, 0.717) is 28.1 Å². The van der Waals surface area contributed by atoms with E-state index in [9.17, 15) is 4.79 Å². The zero-order valence-electron chi connectivity index (χ0n) is 14.9. The van der Waals surface area contributed by atoms with Crippen molar-refractivity contribution in [2.75, 3.05) is 12.4 Å². The third-order valence-electron chi connectivity index (χ3n) is 3.79. The molecule has 1 amide bonds. The van der Waals surface area contributed by atoms with Crippen molar-refractivity contribution in [3.05, 3.63) is 70.2 Å². The van der Waals surface area contributed by atoms with Gasteiger partial charge in [-0.25, -0.2) is 4.98 Å². The van der Waals surface area contributed by atoms with Gasteiger partial charge >= 0.3 is 0 Å². The highest BCUT2D eigenvalue weighted by atomic mass is 35.5. The quantitative estimate of drug-likeness (QED) is 0.616. The number of carbonyl (C=O) groups excluding carboxylic acids is 1. The number of nitrogens with zero attached hydrogens (tertiary/aromatic N) is 1. The molecule has 27 heavy (non-hydrogen) atoms. The molecule has 3 rings (SSSR count). The average molecular weight is 403 g/mol. The number of aromatic nitrogens is 1. The Bertz CT molecular complexity index is 929. The number of thiazole rings is 1. The fraction of sp³-hybridized carbons (Fsp3) is 0.200. The SMILES string of the molecule is COc1ccccc1OC(C)C(=O)Nc1ncc(Cc2cccc(Cl)c2)s1. The smallest absolute Gasteiger partial charge is 0.266 e. The van der Waals surface area contributed by atoms with E-state index in [2.05, 4.69) is 10.3 Å². The number of para-hydroxylation sites is 2. The number of amides is 1. The molecule has 1 heterocycles. The van der Waals surface area contributed by atoms with E-state index in [-0.39, 0.29) is 5.91 Å². The second-order valence-electron chi connectivity index (χ2n) is 5.84. The number of ether oxygens (including phenoxy) is 2. The Morgan fingerprint density at radius 2 is 2.00 bits per heavy atom. The maximum Gasteiger partial charge on any atom is 0.266 e. The standard InChI is InChI=1S/C20H19ClN2O3S/c1-13(26-18-9-4-3-8-17(18)25-2)19(24)23-20-22-12-16(27-20)11-14-6-5-7-15(21)10-14/h3-10,12-13H,11H2,1-2H3,(H,22,23,24). The van der Waals surface area contributed by atoms with Crippen LogP contribution in [0.4, 0.5) is 5.13 Å². The lowest BCUT2D eigenvalue weighted by Crippen LogP contribution is -2.30. The van der Waals surface area contributed by atoms with Crippen LogP contribution in [-0.2, 0) is 11.2 Å². The van der Waals surface area contributed by atoms with Crippen LogP contribution < -0.4 is 14.8 Å². The highest BCUT2D eigenvalue weighted by Crippen LogP contribution is 2.27. The predicted octanol–water partition coefficient (Wildman–Crippen LogP) is 4.80. The van der Waals surface area contributed by atoms with Crippen molar-refractivity contribution in [2.24, 2.45) is 0 Å². The van der Waals surface area contributed by atoms with E-state index in [1.165, 1.54) is 11.3 Å². The maximum atomic E-state index is 12.4. The number of hydrogen-bond donors (Lipinski definition) is 1. The Labute approximate surface area is 166 Å². The highest BCUT2D eigenvalue weighted by molar-refractivity contribution is 7.15. The van der Waals surface area contributed by atoms with Gasteiger partial charge in [-0.15, -0.1) is 11.3 Å². The van der Waals surface area contributed by atoms with Gasteiger partial charge in [0.1, 0.15) is 0 Å². The molecule has 1 atom stereocenters. The van der Waals surface area contributed by atoms with Crippen LogP contribution >= 0.6 is 22.9 Å². The first-order valence-electron chi connectivity index (χ1n) is 8.35. The van der Waals surface area contributed by atoms with Gasteiger partial charge < -0.3 is 9.47 Å². The molecule has 140 valence electrons. The van der Waals surface area contributed by atoms with E-state index in [0.717, 1.165) is 10.4 Å². The molecule has 0 bridgehead atoms. The molecule has 0 aliphatic carbocycles. The van der Waals surface area contributed by atoms with Crippen molar-refractivity contribution in [2.45, 2.75) is 19.4 Å². The molecule has 0 fully saturated rings. The molecule has 5 nitrogen and oxygen atoms in total. The van der Waals surface area contributed by atoms with E-state index < -0.39 is 6.10 Å². The summed E-state index contributed by atoms with van der Waals surface area (Å²) < 4.78 is 10.9. The van der Waals surface area contributed by atoms with Gasteiger partial charge in [-0.1, -0.05) is 35.9 Å². The molecule has 0 radical (unpaired) electrons. The summed E-state index contributed by atoms with van der Waals surface area (Å²) in [6, 6.07) is 14.9. The minimum atomic E-state index is -0.693. The summed E-state index contributed by atoms with van der Waals surface area (Å²) in [7, 11) is 1.56. The van der Waals surface area contributed by atoms with Gasteiger partial charge in [0.25, 0.3) is 5.91 Å². The second kappa shape index (κ2) is 8.88. The van der Waals surface area contributed by atoms with Gasteiger partial charge in [0.05, 0.1) is 7.11 Å².